The van der Waals surface area contributed by atoms with E-state index in [1.54, 1.807) is 6.92 Å². The second-order valence-corrected chi connectivity index (χ2v) is 3.96. The van der Waals surface area contributed by atoms with E-state index in [1.165, 1.54) is 6.07 Å². The molecule has 6 heteroatoms. The Morgan fingerprint density at radius 2 is 1.87 bits per heavy atom. The lowest BCUT2D eigenvalue weighted by atomic mass is 9.90. The predicted octanol–water partition coefficient (Wildman–Crippen LogP) is 4.30. The van der Waals surface area contributed by atoms with Crippen molar-refractivity contribution in [2.45, 2.75) is 6.92 Å². The summed E-state index contributed by atoms with van der Waals surface area (Å²) in [6, 6.07) is 2.51. The van der Waals surface area contributed by atoms with Crippen molar-refractivity contribution in [1.29, 1.82) is 0 Å². The van der Waals surface area contributed by atoms with Crippen LogP contribution in [0.4, 0.5) is 17.3 Å². The molecule has 0 nitrogen and oxygen atoms in total. The summed E-state index contributed by atoms with van der Waals surface area (Å²) in [4.78, 5) is 0. The summed E-state index contributed by atoms with van der Waals surface area (Å²) in [5.74, 6) is -0.602. The van der Waals surface area contributed by atoms with Gasteiger partial charge < -0.3 is 12.9 Å². The summed E-state index contributed by atoms with van der Waals surface area (Å²) in [7, 11) is 0. The van der Waals surface area contributed by atoms with Crippen LogP contribution in [0.3, 0.4) is 0 Å². The van der Waals surface area contributed by atoms with Gasteiger partial charge in [-0.05, 0) is 24.6 Å². The van der Waals surface area contributed by atoms with Gasteiger partial charge in [-0.1, -0.05) is 22.0 Å². The smallest absolute Gasteiger partial charge is 0.445 e. The van der Waals surface area contributed by atoms with Crippen molar-refractivity contribution in [3.8, 4) is 0 Å². The van der Waals surface area contributed by atoms with Crippen LogP contribution in [0.15, 0.2) is 22.6 Å². The van der Waals surface area contributed by atoms with Crippen LogP contribution in [-0.2, 0) is 0 Å². The molecule has 0 N–H and O–H groups in total. The van der Waals surface area contributed by atoms with Crippen molar-refractivity contribution in [3.05, 3.63) is 39.5 Å². The highest BCUT2D eigenvalue weighted by atomic mass is 79.9. The molecule has 0 fully saturated rings. The molecule has 1 aromatic rings. The van der Waals surface area contributed by atoms with E-state index in [0.717, 1.165) is 12.1 Å². The first-order valence-corrected chi connectivity index (χ1v) is 4.94. The van der Waals surface area contributed by atoms with Crippen LogP contribution in [0.2, 0.25) is 0 Å². The molecule has 0 unspecified atom stereocenters. The Kier molecular flexibility index (Phi) is 3.60. The Labute approximate surface area is 93.2 Å². The van der Waals surface area contributed by atoms with Gasteiger partial charge in [0.05, 0.1) is 0 Å². The van der Waals surface area contributed by atoms with Gasteiger partial charge in [-0.3, -0.25) is 0 Å². The first-order chi connectivity index (χ1) is 6.79. The molecule has 0 spiro atoms. The van der Waals surface area contributed by atoms with Gasteiger partial charge in [0.1, 0.15) is 5.82 Å². The van der Waals surface area contributed by atoms with Crippen LogP contribution in [0.1, 0.15) is 11.1 Å². The van der Waals surface area contributed by atoms with Crippen LogP contribution in [0, 0.1) is 12.7 Å². The van der Waals surface area contributed by atoms with Gasteiger partial charge in [0, 0.05) is 10.0 Å². The largest absolute Gasteiger partial charge is 0.502 e. The van der Waals surface area contributed by atoms with E-state index in [0.29, 0.717) is 10.0 Å². The van der Waals surface area contributed by atoms with Crippen molar-refractivity contribution >= 4 is 29.0 Å². The molecule has 0 saturated heterocycles. The third kappa shape index (κ3) is 3.70. The van der Waals surface area contributed by atoms with Crippen LogP contribution in [0.5, 0.6) is 0 Å². The third-order valence-electron chi connectivity index (χ3n) is 1.77. The maximum atomic E-state index is 13.2. The molecule has 1 aromatic carbocycles. The SMILES string of the molecule is Cc1cc(/C=C/[B-](F)(F)F)c(F)cc1Br. The fourth-order valence-electron chi connectivity index (χ4n) is 1.02. The van der Waals surface area contributed by atoms with E-state index in [4.69, 9.17) is 0 Å². The van der Waals surface area contributed by atoms with Gasteiger partial charge in [-0.15, -0.1) is 5.98 Å². The van der Waals surface area contributed by atoms with Gasteiger partial charge in [0.25, 0.3) is 0 Å². The number of rotatable bonds is 2. The minimum Gasteiger partial charge on any atom is -0.445 e. The average Bonchev–Trinajstić information content (AvgIpc) is 2.07. The second kappa shape index (κ2) is 4.39. The Balaban J connectivity index is 3.06. The zero-order valence-electron chi connectivity index (χ0n) is 7.78. The molecule has 0 saturated carbocycles. The molecule has 82 valence electrons. The first kappa shape index (κ1) is 12.3. The summed E-state index contributed by atoms with van der Waals surface area (Å²) >= 11 is 3.09. The van der Waals surface area contributed by atoms with Crippen molar-refractivity contribution in [1.82, 2.24) is 0 Å². The molecule has 0 aromatic heterocycles. The van der Waals surface area contributed by atoms with Gasteiger partial charge in [0.2, 0.25) is 0 Å². The lowest BCUT2D eigenvalue weighted by Crippen LogP contribution is -2.09. The molecular formula is C9H7BBrF4-. The molecule has 0 heterocycles. The minimum atomic E-state index is -5.02. The standard InChI is InChI=1S/C9H7BBrF4/c1-6-4-7(2-3-10(13,14)15)9(12)5-8(6)11/h2-5H,1H3/q-1/b3-2+. The quantitative estimate of drug-likeness (QED) is 0.560. The van der Waals surface area contributed by atoms with E-state index in [2.05, 4.69) is 15.9 Å². The zero-order valence-corrected chi connectivity index (χ0v) is 9.36. The van der Waals surface area contributed by atoms with Crippen molar-refractivity contribution in [3.63, 3.8) is 0 Å². The van der Waals surface area contributed by atoms with Crippen molar-refractivity contribution < 1.29 is 17.3 Å². The number of halogens is 5. The van der Waals surface area contributed by atoms with E-state index < -0.39 is 12.8 Å². The average molecular weight is 282 g/mol. The molecule has 1 rings (SSSR count). The van der Waals surface area contributed by atoms with E-state index in [1.807, 2.05) is 0 Å². The van der Waals surface area contributed by atoms with E-state index in [-0.39, 0.29) is 11.5 Å². The summed E-state index contributed by atoms with van der Waals surface area (Å²) in [6.45, 7) is -3.34. The van der Waals surface area contributed by atoms with Gasteiger partial charge in [-0.2, -0.15) is 0 Å². The van der Waals surface area contributed by atoms with Gasteiger partial charge >= 0.3 is 6.98 Å². The topological polar surface area (TPSA) is 0 Å². The highest BCUT2D eigenvalue weighted by molar-refractivity contribution is 9.10. The molecule has 0 aliphatic carbocycles. The predicted molar refractivity (Wildman–Crippen MR) is 56.9 cm³/mol. The molecule has 0 aliphatic rings. The maximum Gasteiger partial charge on any atom is 0.502 e. The highest BCUT2D eigenvalue weighted by Crippen LogP contribution is 2.22. The summed E-state index contributed by atoms with van der Waals surface area (Å²) < 4.78 is 49.4. The minimum absolute atomic E-state index is 0.0603. The highest BCUT2D eigenvalue weighted by Gasteiger charge is 2.17. The summed E-state index contributed by atoms with van der Waals surface area (Å²) in [5.41, 5.74) is 0.626. The number of benzene rings is 1. The monoisotopic (exact) mass is 281 g/mol. The Bertz CT molecular complexity index is 398. The first-order valence-electron chi connectivity index (χ1n) is 4.14. The Hall–Kier alpha value is -0.775. The van der Waals surface area contributed by atoms with E-state index >= 15 is 0 Å². The molecular weight excluding hydrogens is 275 g/mol. The van der Waals surface area contributed by atoms with E-state index in [9.17, 15) is 17.3 Å². The molecule has 0 aliphatic heterocycles. The molecule has 15 heavy (non-hydrogen) atoms. The van der Waals surface area contributed by atoms with Gasteiger partial charge in [-0.25, -0.2) is 4.39 Å². The number of hydrogen-bond donors (Lipinski definition) is 0. The van der Waals surface area contributed by atoms with Crippen molar-refractivity contribution in [2.75, 3.05) is 0 Å². The number of aryl methyl sites for hydroxylation is 1. The maximum absolute atomic E-state index is 13.2. The second-order valence-electron chi connectivity index (χ2n) is 3.11. The van der Waals surface area contributed by atoms with Crippen LogP contribution >= 0.6 is 15.9 Å². The molecule has 0 atom stereocenters. The third-order valence-corrected chi connectivity index (χ3v) is 2.63. The number of hydrogen-bond acceptors (Lipinski definition) is 0. The fraction of sp³-hybridized carbons (Fsp3) is 0.111. The summed E-state index contributed by atoms with van der Waals surface area (Å²) in [6.07, 6.45) is 0.745. The zero-order chi connectivity index (χ0) is 11.6. The lowest BCUT2D eigenvalue weighted by molar-refractivity contribution is 0.499. The molecule has 0 amide bonds. The van der Waals surface area contributed by atoms with Crippen LogP contribution < -0.4 is 0 Å². The van der Waals surface area contributed by atoms with Gasteiger partial charge in [0.15, 0.2) is 0 Å². The Morgan fingerprint density at radius 3 is 2.40 bits per heavy atom. The molecule has 0 radical (unpaired) electrons. The normalized spacial score (nSPS) is 12.4. The summed E-state index contributed by atoms with van der Waals surface area (Å²) in [5, 5.41) is 0. The Morgan fingerprint density at radius 1 is 1.27 bits per heavy atom. The van der Waals surface area contributed by atoms with Crippen molar-refractivity contribution in [2.24, 2.45) is 0 Å². The van der Waals surface area contributed by atoms with Crippen LogP contribution in [0.25, 0.3) is 6.08 Å². The lowest BCUT2D eigenvalue weighted by Gasteiger charge is -2.07. The molecule has 0 bridgehead atoms. The van der Waals surface area contributed by atoms with Crippen LogP contribution in [-0.4, -0.2) is 6.98 Å². The fourth-order valence-corrected chi connectivity index (χ4v) is 1.34.